The van der Waals surface area contributed by atoms with Gasteiger partial charge in [0.2, 0.25) is 0 Å². The minimum absolute atomic E-state index is 0.0243. The average Bonchev–Trinajstić information content (AvgIpc) is 3.47. The van der Waals surface area contributed by atoms with Gasteiger partial charge in [0.15, 0.2) is 11.5 Å². The number of benzene rings is 3. The predicted octanol–water partition coefficient (Wildman–Crippen LogP) is 5.21. The Morgan fingerprint density at radius 3 is 2.51 bits per heavy atom. The summed E-state index contributed by atoms with van der Waals surface area (Å²) in [5, 5.41) is 12.3. The van der Waals surface area contributed by atoms with Crippen LogP contribution >= 0.6 is 0 Å². The molecule has 8 heteroatoms. The maximum atomic E-state index is 13.5. The van der Waals surface area contributed by atoms with E-state index in [0.717, 1.165) is 10.9 Å². The number of ether oxygens (including phenoxy) is 3. The van der Waals surface area contributed by atoms with Crippen LogP contribution in [0, 0.1) is 0 Å². The van der Waals surface area contributed by atoms with E-state index in [-0.39, 0.29) is 11.3 Å². The van der Waals surface area contributed by atoms with Crippen molar-refractivity contribution in [1.82, 2.24) is 4.98 Å². The molecule has 1 aliphatic rings. The molecule has 3 aromatic carbocycles. The predicted molar refractivity (Wildman–Crippen MR) is 140 cm³/mol. The number of nitrogens with one attached hydrogen (secondary N) is 1. The van der Waals surface area contributed by atoms with Crippen molar-refractivity contribution in [2.24, 2.45) is 0 Å². The van der Waals surface area contributed by atoms with Crippen LogP contribution in [0.1, 0.15) is 24.1 Å². The number of hydrogen-bond donors (Lipinski definition) is 2. The molecule has 5 rings (SSSR count). The summed E-state index contributed by atoms with van der Waals surface area (Å²) in [6.07, 6.45) is 1.63. The molecular weight excluding hydrogens is 472 g/mol. The van der Waals surface area contributed by atoms with Gasteiger partial charge < -0.3 is 24.3 Å². The summed E-state index contributed by atoms with van der Waals surface area (Å²) in [5.74, 6) is -0.318. The van der Waals surface area contributed by atoms with Crippen LogP contribution in [-0.4, -0.2) is 42.6 Å². The van der Waals surface area contributed by atoms with Gasteiger partial charge in [-0.25, -0.2) is 0 Å². The first-order chi connectivity index (χ1) is 18.0. The van der Waals surface area contributed by atoms with Crippen molar-refractivity contribution < 1.29 is 28.9 Å². The molecule has 0 saturated carbocycles. The van der Waals surface area contributed by atoms with Crippen molar-refractivity contribution in [3.63, 3.8) is 0 Å². The lowest BCUT2D eigenvalue weighted by Gasteiger charge is -2.26. The zero-order valence-corrected chi connectivity index (χ0v) is 20.6. The number of nitrogens with zero attached hydrogens (tertiary/aromatic N) is 1. The number of H-pyrrole nitrogens is 1. The van der Waals surface area contributed by atoms with Crippen LogP contribution in [0.2, 0.25) is 0 Å². The maximum absolute atomic E-state index is 13.5. The first-order valence-corrected chi connectivity index (χ1v) is 11.8. The Labute approximate surface area is 213 Å². The van der Waals surface area contributed by atoms with Crippen LogP contribution < -0.4 is 19.1 Å². The van der Waals surface area contributed by atoms with E-state index in [1.807, 2.05) is 31.2 Å². The first-order valence-electron chi connectivity index (χ1n) is 11.8. The normalized spacial score (nSPS) is 16.8. The van der Waals surface area contributed by atoms with Crippen molar-refractivity contribution in [2.75, 3.05) is 25.7 Å². The van der Waals surface area contributed by atoms with Gasteiger partial charge in [-0.05, 0) is 42.8 Å². The van der Waals surface area contributed by atoms with Crippen molar-refractivity contribution in [3.8, 4) is 17.2 Å². The van der Waals surface area contributed by atoms with Crippen LogP contribution in [0.5, 0.6) is 17.2 Å². The summed E-state index contributed by atoms with van der Waals surface area (Å²) in [6, 6.07) is 18.6. The average molecular weight is 499 g/mol. The Morgan fingerprint density at radius 1 is 0.973 bits per heavy atom. The number of carbonyl (C=O) groups is 2. The number of aliphatic hydroxyl groups excluding tert-OH is 1. The number of anilines is 1. The second-order valence-electron chi connectivity index (χ2n) is 8.46. The van der Waals surface area contributed by atoms with Crippen LogP contribution in [0.4, 0.5) is 5.69 Å². The number of aliphatic hydroxyl groups is 1. The van der Waals surface area contributed by atoms with Gasteiger partial charge >= 0.3 is 0 Å². The number of aromatic amines is 1. The van der Waals surface area contributed by atoms with Gasteiger partial charge in [-0.15, -0.1) is 0 Å². The third-order valence-electron chi connectivity index (χ3n) is 6.42. The third-order valence-corrected chi connectivity index (χ3v) is 6.42. The highest BCUT2D eigenvalue weighted by Crippen LogP contribution is 2.45. The number of para-hydroxylation sites is 1. The Morgan fingerprint density at radius 2 is 1.76 bits per heavy atom. The summed E-state index contributed by atoms with van der Waals surface area (Å²) in [5.41, 5.74) is 2.24. The van der Waals surface area contributed by atoms with Crippen molar-refractivity contribution in [2.45, 2.75) is 13.0 Å². The number of aromatic nitrogens is 1. The minimum Gasteiger partial charge on any atom is -0.507 e. The van der Waals surface area contributed by atoms with Gasteiger partial charge in [-0.2, -0.15) is 0 Å². The van der Waals surface area contributed by atoms with E-state index in [1.165, 1.54) is 19.1 Å². The smallest absolute Gasteiger partial charge is 0.300 e. The molecule has 8 nitrogen and oxygen atoms in total. The fourth-order valence-corrected chi connectivity index (χ4v) is 4.74. The van der Waals surface area contributed by atoms with Gasteiger partial charge in [0.1, 0.15) is 11.5 Å². The molecule has 0 spiro atoms. The summed E-state index contributed by atoms with van der Waals surface area (Å²) >= 11 is 0. The highest BCUT2D eigenvalue weighted by Gasteiger charge is 2.47. The van der Waals surface area contributed by atoms with Crippen molar-refractivity contribution in [3.05, 3.63) is 89.6 Å². The molecule has 1 aliphatic heterocycles. The lowest BCUT2D eigenvalue weighted by atomic mass is 9.94. The molecule has 2 N–H and O–H groups in total. The van der Waals surface area contributed by atoms with Gasteiger partial charge in [0.05, 0.1) is 32.4 Å². The summed E-state index contributed by atoms with van der Waals surface area (Å²) in [4.78, 5) is 31.5. The summed E-state index contributed by atoms with van der Waals surface area (Å²) < 4.78 is 16.5. The minimum atomic E-state index is -0.926. The molecule has 1 atom stereocenters. The first kappa shape index (κ1) is 24.0. The number of rotatable bonds is 7. The number of fused-ring (bicyclic) bond motifs is 1. The largest absolute Gasteiger partial charge is 0.507 e. The lowest BCUT2D eigenvalue weighted by molar-refractivity contribution is -0.132. The second kappa shape index (κ2) is 9.73. The number of amides is 1. The molecule has 4 aromatic rings. The Hall–Kier alpha value is -4.72. The summed E-state index contributed by atoms with van der Waals surface area (Å²) in [7, 11) is 3.04. The lowest BCUT2D eigenvalue weighted by Crippen LogP contribution is -2.29. The SMILES string of the molecule is CCOc1cccc(N2C(=O)C(=O)/C(=C(\O)c3c[nH]c4ccccc34)C2c2ccc(OC)c(OC)c2)c1. The van der Waals surface area contributed by atoms with Gasteiger partial charge in [-0.3, -0.25) is 14.5 Å². The molecule has 0 bridgehead atoms. The van der Waals surface area contributed by atoms with Crippen LogP contribution in [0.15, 0.2) is 78.5 Å². The Bertz CT molecular complexity index is 1540. The molecule has 0 aliphatic carbocycles. The van der Waals surface area contributed by atoms with E-state index in [0.29, 0.717) is 40.7 Å². The van der Waals surface area contributed by atoms with E-state index < -0.39 is 17.7 Å². The molecule has 188 valence electrons. The molecule has 1 aromatic heterocycles. The zero-order chi connectivity index (χ0) is 26.1. The topological polar surface area (TPSA) is 101 Å². The molecule has 0 radical (unpaired) electrons. The molecule has 1 unspecified atom stereocenters. The fourth-order valence-electron chi connectivity index (χ4n) is 4.74. The maximum Gasteiger partial charge on any atom is 0.300 e. The van der Waals surface area contributed by atoms with Gasteiger partial charge in [-0.1, -0.05) is 30.3 Å². The number of ketones is 1. The molecule has 1 fully saturated rings. The number of Topliss-reactive ketones (excluding diaryl/α,β-unsaturated/α-hetero) is 1. The monoisotopic (exact) mass is 498 g/mol. The van der Waals surface area contributed by atoms with Gasteiger partial charge in [0.25, 0.3) is 11.7 Å². The van der Waals surface area contributed by atoms with Crippen LogP contribution in [-0.2, 0) is 9.59 Å². The van der Waals surface area contributed by atoms with Crippen molar-refractivity contribution >= 4 is 34.0 Å². The number of methoxy groups -OCH3 is 2. The van der Waals surface area contributed by atoms with E-state index in [9.17, 15) is 14.7 Å². The van der Waals surface area contributed by atoms with Crippen molar-refractivity contribution in [1.29, 1.82) is 0 Å². The fraction of sp³-hybridized carbons (Fsp3) is 0.172. The van der Waals surface area contributed by atoms with E-state index in [1.54, 1.807) is 48.7 Å². The number of carbonyl (C=O) groups excluding carboxylic acids is 2. The molecule has 1 saturated heterocycles. The Balaban J connectivity index is 1.75. The zero-order valence-electron chi connectivity index (χ0n) is 20.6. The van der Waals surface area contributed by atoms with Crippen LogP contribution in [0.25, 0.3) is 16.7 Å². The molecule has 37 heavy (non-hydrogen) atoms. The quantitative estimate of drug-likeness (QED) is 0.206. The number of hydrogen-bond acceptors (Lipinski definition) is 6. The molecular formula is C29H26N2O6. The van der Waals surface area contributed by atoms with E-state index in [2.05, 4.69) is 4.98 Å². The van der Waals surface area contributed by atoms with E-state index >= 15 is 0 Å². The highest BCUT2D eigenvalue weighted by molar-refractivity contribution is 6.51. The Kier molecular flexibility index (Phi) is 6.31. The summed E-state index contributed by atoms with van der Waals surface area (Å²) in [6.45, 7) is 2.31. The van der Waals surface area contributed by atoms with Crippen LogP contribution in [0.3, 0.4) is 0 Å². The van der Waals surface area contributed by atoms with E-state index in [4.69, 9.17) is 14.2 Å². The standard InChI is InChI=1S/C29H26N2O6/c1-4-37-19-9-7-8-18(15-19)31-26(17-12-13-23(35-2)24(14-17)36-3)25(28(33)29(31)34)27(32)21-16-30-22-11-6-5-10-20(21)22/h5-16,26,30,32H,4H2,1-3H3/b27-25-. The molecule has 1 amide bonds. The second-order valence-corrected chi connectivity index (χ2v) is 8.46. The third kappa shape index (κ3) is 4.06. The van der Waals surface area contributed by atoms with Gasteiger partial charge in [0, 0.05) is 34.4 Å². The molecule has 2 heterocycles. The highest BCUT2D eigenvalue weighted by atomic mass is 16.5.